The Kier molecular flexibility index (Phi) is 5.83. The molecule has 4 aromatic rings. The van der Waals surface area contributed by atoms with Gasteiger partial charge in [-0.25, -0.2) is 9.78 Å². The highest BCUT2D eigenvalue weighted by Crippen LogP contribution is 2.39. The van der Waals surface area contributed by atoms with E-state index in [1.165, 1.54) is 36.4 Å². The van der Waals surface area contributed by atoms with Crippen molar-refractivity contribution >= 4 is 28.5 Å². The van der Waals surface area contributed by atoms with Gasteiger partial charge >= 0.3 is 12.2 Å². The van der Waals surface area contributed by atoms with Crippen molar-refractivity contribution in [2.75, 3.05) is 11.9 Å². The SMILES string of the molecule is O=C(Nc1ccc([N+](=O)[O-])cc1)N1CCC[C@@H]1c1nc2cc(-c3ccccc3C(F)(F)F)ccc2o1. The highest BCUT2D eigenvalue weighted by atomic mass is 19.4. The Bertz CT molecular complexity index is 1450. The number of fused-ring (bicyclic) bond motifs is 1. The second-order valence-corrected chi connectivity index (χ2v) is 8.36. The van der Waals surface area contributed by atoms with Crippen LogP contribution in [0, 0.1) is 10.1 Å². The first-order valence-electron chi connectivity index (χ1n) is 11.1. The van der Waals surface area contributed by atoms with Crippen LogP contribution >= 0.6 is 0 Å². The molecule has 2 heterocycles. The van der Waals surface area contributed by atoms with E-state index in [1.54, 1.807) is 29.2 Å². The lowest BCUT2D eigenvalue weighted by Gasteiger charge is -2.22. The molecule has 0 saturated carbocycles. The largest absolute Gasteiger partial charge is 0.438 e. The molecule has 1 fully saturated rings. The van der Waals surface area contributed by atoms with Gasteiger partial charge in [-0.15, -0.1) is 0 Å². The van der Waals surface area contributed by atoms with Crippen LogP contribution in [0.3, 0.4) is 0 Å². The first kappa shape index (κ1) is 23.3. The highest BCUT2D eigenvalue weighted by Gasteiger charge is 2.35. The molecule has 1 saturated heterocycles. The summed E-state index contributed by atoms with van der Waals surface area (Å²) in [5.41, 5.74) is 0.773. The topological polar surface area (TPSA) is 102 Å². The predicted molar refractivity (Wildman–Crippen MR) is 125 cm³/mol. The van der Waals surface area contributed by atoms with E-state index in [1.807, 2.05) is 0 Å². The molecule has 36 heavy (non-hydrogen) atoms. The van der Waals surface area contributed by atoms with Crippen LogP contribution < -0.4 is 5.32 Å². The summed E-state index contributed by atoms with van der Waals surface area (Å²) in [7, 11) is 0. The number of carbonyl (C=O) groups is 1. The number of rotatable bonds is 4. The molecule has 5 rings (SSSR count). The molecule has 0 aliphatic carbocycles. The van der Waals surface area contributed by atoms with Gasteiger partial charge < -0.3 is 14.6 Å². The van der Waals surface area contributed by atoms with E-state index in [0.717, 1.165) is 6.07 Å². The van der Waals surface area contributed by atoms with Gasteiger partial charge in [0, 0.05) is 24.4 Å². The third kappa shape index (κ3) is 4.47. The minimum absolute atomic E-state index is 0.0430. The second kappa shape index (κ2) is 8.99. The zero-order chi connectivity index (χ0) is 25.4. The quantitative estimate of drug-likeness (QED) is 0.248. The fraction of sp³-hybridized carbons (Fsp3) is 0.200. The third-order valence-corrected chi connectivity index (χ3v) is 6.08. The normalized spacial score (nSPS) is 15.9. The summed E-state index contributed by atoms with van der Waals surface area (Å²) in [5, 5.41) is 13.5. The number of carbonyl (C=O) groups excluding carboxylic acids is 1. The first-order chi connectivity index (χ1) is 17.2. The number of anilines is 1. The maximum Gasteiger partial charge on any atom is 0.417 e. The maximum absolute atomic E-state index is 13.5. The monoisotopic (exact) mass is 496 g/mol. The van der Waals surface area contributed by atoms with Gasteiger partial charge in [-0.05, 0) is 54.3 Å². The highest BCUT2D eigenvalue weighted by molar-refractivity contribution is 5.90. The number of oxazole rings is 1. The molecule has 1 atom stereocenters. The number of non-ortho nitro benzene ring substituents is 1. The summed E-state index contributed by atoms with van der Waals surface area (Å²) in [4.78, 5) is 29.3. The minimum Gasteiger partial charge on any atom is -0.438 e. The molecule has 1 aliphatic heterocycles. The smallest absolute Gasteiger partial charge is 0.417 e. The van der Waals surface area contributed by atoms with Crippen LogP contribution in [0.4, 0.5) is 29.3 Å². The van der Waals surface area contributed by atoms with Gasteiger partial charge in [0.2, 0.25) is 5.89 Å². The van der Waals surface area contributed by atoms with Gasteiger partial charge in [-0.2, -0.15) is 13.2 Å². The average molecular weight is 496 g/mol. The van der Waals surface area contributed by atoms with E-state index < -0.39 is 28.7 Å². The molecular weight excluding hydrogens is 477 g/mol. The number of nitrogens with zero attached hydrogens (tertiary/aromatic N) is 3. The number of nitro groups is 1. The van der Waals surface area contributed by atoms with Crippen LogP contribution in [-0.4, -0.2) is 27.4 Å². The van der Waals surface area contributed by atoms with Gasteiger partial charge in [0.15, 0.2) is 5.58 Å². The molecule has 0 bridgehead atoms. The van der Waals surface area contributed by atoms with Crippen LogP contribution in [-0.2, 0) is 6.18 Å². The predicted octanol–water partition coefficient (Wildman–Crippen LogP) is 6.79. The number of amides is 2. The molecule has 0 radical (unpaired) electrons. The minimum atomic E-state index is -4.50. The molecule has 0 unspecified atom stereocenters. The van der Waals surface area contributed by atoms with E-state index in [9.17, 15) is 28.1 Å². The van der Waals surface area contributed by atoms with E-state index in [4.69, 9.17) is 4.42 Å². The molecule has 1 aliphatic rings. The summed E-state index contributed by atoms with van der Waals surface area (Å²) in [6.45, 7) is 0.451. The van der Waals surface area contributed by atoms with E-state index >= 15 is 0 Å². The number of benzene rings is 3. The molecule has 1 N–H and O–H groups in total. The fourth-order valence-electron chi connectivity index (χ4n) is 4.37. The third-order valence-electron chi connectivity index (χ3n) is 6.08. The Morgan fingerprint density at radius 2 is 1.86 bits per heavy atom. The van der Waals surface area contributed by atoms with Crippen LogP contribution in [0.5, 0.6) is 0 Å². The number of halogens is 3. The van der Waals surface area contributed by atoms with Crippen molar-refractivity contribution in [3.05, 3.63) is 88.3 Å². The molecular formula is C25H19F3N4O4. The van der Waals surface area contributed by atoms with Crippen molar-refractivity contribution in [2.24, 2.45) is 0 Å². The first-order valence-corrected chi connectivity index (χ1v) is 11.1. The molecule has 11 heteroatoms. The molecule has 184 valence electrons. The number of nitro benzene ring substituents is 1. The summed E-state index contributed by atoms with van der Waals surface area (Å²) in [6.07, 6.45) is -3.19. The Morgan fingerprint density at radius 3 is 2.58 bits per heavy atom. The summed E-state index contributed by atoms with van der Waals surface area (Å²) >= 11 is 0. The lowest BCUT2D eigenvalue weighted by atomic mass is 9.99. The van der Waals surface area contributed by atoms with Gasteiger partial charge in [-0.1, -0.05) is 24.3 Å². The van der Waals surface area contributed by atoms with E-state index in [-0.39, 0.29) is 11.3 Å². The number of hydrogen-bond donors (Lipinski definition) is 1. The van der Waals surface area contributed by atoms with Crippen molar-refractivity contribution < 1.29 is 27.3 Å². The molecule has 3 aromatic carbocycles. The van der Waals surface area contributed by atoms with Gasteiger partial charge in [0.25, 0.3) is 5.69 Å². The Balaban J connectivity index is 1.39. The molecule has 8 nitrogen and oxygen atoms in total. The fourth-order valence-corrected chi connectivity index (χ4v) is 4.37. The van der Waals surface area contributed by atoms with Crippen LogP contribution in [0.1, 0.15) is 30.3 Å². The van der Waals surface area contributed by atoms with Crippen LogP contribution in [0.2, 0.25) is 0 Å². The second-order valence-electron chi connectivity index (χ2n) is 8.36. The van der Waals surface area contributed by atoms with Crippen molar-refractivity contribution in [1.29, 1.82) is 0 Å². The van der Waals surface area contributed by atoms with Crippen molar-refractivity contribution in [3.63, 3.8) is 0 Å². The lowest BCUT2D eigenvalue weighted by Crippen LogP contribution is -2.34. The average Bonchev–Trinajstić information content (AvgIpc) is 3.50. The van der Waals surface area contributed by atoms with Gasteiger partial charge in [0.1, 0.15) is 11.6 Å². The zero-order valence-electron chi connectivity index (χ0n) is 18.7. The van der Waals surface area contributed by atoms with Crippen molar-refractivity contribution in [1.82, 2.24) is 9.88 Å². The van der Waals surface area contributed by atoms with Crippen molar-refractivity contribution in [2.45, 2.75) is 25.1 Å². The van der Waals surface area contributed by atoms with Crippen LogP contribution in [0.15, 0.2) is 71.1 Å². The number of aromatic nitrogens is 1. The van der Waals surface area contributed by atoms with Gasteiger partial charge in [-0.3, -0.25) is 10.1 Å². The number of nitrogens with one attached hydrogen (secondary N) is 1. The Morgan fingerprint density at radius 1 is 1.11 bits per heavy atom. The summed E-state index contributed by atoms with van der Waals surface area (Å²) < 4.78 is 46.3. The standard InChI is InChI=1S/C25H19F3N4O4/c26-25(27,28)19-5-2-1-4-18(19)15-7-12-22-20(14-15)30-23(36-22)21-6-3-13-31(21)24(33)29-16-8-10-17(11-9-16)32(34)35/h1-2,4-5,7-12,14,21H,3,6,13H2,(H,29,33)/t21-/m1/s1. The lowest BCUT2D eigenvalue weighted by molar-refractivity contribution is -0.384. The molecule has 2 amide bonds. The zero-order valence-corrected chi connectivity index (χ0v) is 18.7. The number of urea groups is 1. The summed E-state index contributed by atoms with van der Waals surface area (Å²) in [6, 6.07) is 14.6. The Hall–Kier alpha value is -4.41. The van der Waals surface area contributed by atoms with Crippen molar-refractivity contribution in [3.8, 4) is 11.1 Å². The molecule has 0 spiro atoms. The maximum atomic E-state index is 13.5. The number of likely N-dealkylation sites (tertiary alicyclic amines) is 1. The summed E-state index contributed by atoms with van der Waals surface area (Å²) in [5.74, 6) is 0.294. The van der Waals surface area contributed by atoms with Gasteiger partial charge in [0.05, 0.1) is 10.5 Å². The molecule has 1 aromatic heterocycles. The Labute approximate surface area is 202 Å². The number of hydrogen-bond acceptors (Lipinski definition) is 5. The van der Waals surface area contributed by atoms with Crippen LogP contribution in [0.25, 0.3) is 22.2 Å². The van der Waals surface area contributed by atoms with E-state index in [2.05, 4.69) is 10.3 Å². The van der Waals surface area contributed by atoms with E-state index in [0.29, 0.717) is 47.6 Å². The number of alkyl halides is 3.